The first-order valence-corrected chi connectivity index (χ1v) is 7.17. The number of nitrogens with one attached hydrogen (secondary N) is 1. The van der Waals surface area contributed by atoms with E-state index >= 15 is 0 Å². The number of carboxylic acids is 1. The molecule has 5 nitrogen and oxygen atoms in total. The van der Waals surface area contributed by atoms with Gasteiger partial charge in [0.25, 0.3) is 0 Å². The van der Waals surface area contributed by atoms with E-state index in [9.17, 15) is 9.59 Å². The molecule has 1 unspecified atom stereocenters. The molecule has 0 aliphatic carbocycles. The summed E-state index contributed by atoms with van der Waals surface area (Å²) in [6, 6.07) is 6.06. The average Bonchev–Trinajstić information content (AvgIpc) is 2.81. The molecule has 2 amide bonds. The van der Waals surface area contributed by atoms with E-state index < -0.39 is 12.0 Å². The Morgan fingerprint density at radius 1 is 1.44 bits per heavy atom. The summed E-state index contributed by atoms with van der Waals surface area (Å²) in [5, 5.41) is 11.7. The molecule has 0 spiro atoms. The highest BCUT2D eigenvalue weighted by Crippen LogP contribution is 2.25. The third kappa shape index (κ3) is 2.78. The molecule has 0 radical (unpaired) electrons. The van der Waals surface area contributed by atoms with Crippen LogP contribution in [0.5, 0.6) is 0 Å². The predicted octanol–water partition coefficient (Wildman–Crippen LogP) is 2.44. The summed E-state index contributed by atoms with van der Waals surface area (Å²) in [6.45, 7) is 0. The van der Waals surface area contributed by atoms with E-state index in [2.05, 4.69) is 21.2 Å². The van der Waals surface area contributed by atoms with Crippen LogP contribution >= 0.6 is 27.7 Å². The largest absolute Gasteiger partial charge is 0.480 e. The number of thioether (sulfide) groups is 1. The Kier molecular flexibility index (Phi) is 4.13. The van der Waals surface area contributed by atoms with Crippen LogP contribution in [0, 0.1) is 0 Å². The van der Waals surface area contributed by atoms with Gasteiger partial charge in [-0.25, -0.2) is 9.59 Å². The highest BCUT2D eigenvalue weighted by Gasteiger charge is 2.34. The number of nitrogens with zero attached hydrogens (tertiary/aromatic N) is 1. The maximum absolute atomic E-state index is 12.0. The SMILES string of the molecule is O=C(O)C1CSCN1C(=O)Nc1ccccc1Br. The normalized spacial score (nSPS) is 18.7. The van der Waals surface area contributed by atoms with Crippen molar-refractivity contribution < 1.29 is 14.7 Å². The number of anilines is 1. The first-order chi connectivity index (χ1) is 8.59. The van der Waals surface area contributed by atoms with Gasteiger partial charge in [-0.3, -0.25) is 0 Å². The van der Waals surface area contributed by atoms with E-state index in [1.54, 1.807) is 12.1 Å². The molecule has 1 aliphatic heterocycles. The van der Waals surface area contributed by atoms with E-state index in [4.69, 9.17) is 5.11 Å². The van der Waals surface area contributed by atoms with Gasteiger partial charge in [0.15, 0.2) is 0 Å². The number of urea groups is 1. The van der Waals surface area contributed by atoms with Crippen LogP contribution in [0.2, 0.25) is 0 Å². The molecular weight excluding hydrogens is 320 g/mol. The average molecular weight is 331 g/mol. The van der Waals surface area contributed by atoms with Crippen LogP contribution in [0.1, 0.15) is 0 Å². The van der Waals surface area contributed by atoms with Crippen molar-refractivity contribution in [3.8, 4) is 0 Å². The lowest BCUT2D eigenvalue weighted by Crippen LogP contribution is -2.44. The fourth-order valence-electron chi connectivity index (χ4n) is 1.60. The lowest BCUT2D eigenvalue weighted by atomic mass is 10.3. The minimum Gasteiger partial charge on any atom is -0.480 e. The Morgan fingerprint density at radius 3 is 2.83 bits per heavy atom. The standard InChI is InChI=1S/C11H11BrN2O3S/c12-7-3-1-2-4-8(7)13-11(17)14-6-18-5-9(14)10(15)16/h1-4,9H,5-6H2,(H,13,17)(H,15,16). The fourth-order valence-corrected chi connectivity index (χ4v) is 3.13. The van der Waals surface area contributed by atoms with Crippen molar-refractivity contribution in [1.29, 1.82) is 0 Å². The van der Waals surface area contributed by atoms with Gasteiger partial charge in [-0.2, -0.15) is 0 Å². The number of carbonyl (C=O) groups is 2. The number of halogens is 1. The topological polar surface area (TPSA) is 69.6 Å². The zero-order valence-electron chi connectivity index (χ0n) is 9.30. The number of rotatable bonds is 2. The van der Waals surface area contributed by atoms with Crippen molar-refractivity contribution in [2.75, 3.05) is 16.9 Å². The number of para-hydroxylation sites is 1. The van der Waals surface area contributed by atoms with Crippen molar-refractivity contribution in [2.45, 2.75) is 6.04 Å². The molecule has 0 saturated carbocycles. The number of carboxylic acid groups (broad SMARTS) is 1. The highest BCUT2D eigenvalue weighted by molar-refractivity contribution is 9.10. The quantitative estimate of drug-likeness (QED) is 0.873. The van der Waals surface area contributed by atoms with Crippen LogP contribution in [0.25, 0.3) is 0 Å². The molecular formula is C11H11BrN2O3S. The second kappa shape index (κ2) is 5.62. The highest BCUT2D eigenvalue weighted by atomic mass is 79.9. The lowest BCUT2D eigenvalue weighted by Gasteiger charge is -2.21. The summed E-state index contributed by atoms with van der Waals surface area (Å²) in [5.41, 5.74) is 0.628. The second-order valence-electron chi connectivity index (χ2n) is 3.73. The zero-order chi connectivity index (χ0) is 13.1. The molecule has 96 valence electrons. The summed E-state index contributed by atoms with van der Waals surface area (Å²) in [7, 11) is 0. The van der Waals surface area contributed by atoms with Crippen molar-refractivity contribution >= 4 is 45.4 Å². The number of amides is 2. The third-order valence-corrected chi connectivity index (χ3v) is 4.25. The van der Waals surface area contributed by atoms with Crippen LogP contribution in [0.3, 0.4) is 0 Å². The fraction of sp³-hybridized carbons (Fsp3) is 0.273. The monoisotopic (exact) mass is 330 g/mol. The molecule has 2 N–H and O–H groups in total. The van der Waals surface area contributed by atoms with Crippen molar-refractivity contribution in [2.24, 2.45) is 0 Å². The number of benzene rings is 1. The molecule has 7 heteroatoms. The number of hydrogen-bond donors (Lipinski definition) is 2. The third-order valence-electron chi connectivity index (χ3n) is 2.54. The maximum Gasteiger partial charge on any atom is 0.327 e. The lowest BCUT2D eigenvalue weighted by molar-refractivity contribution is -0.140. The van der Waals surface area contributed by atoms with Gasteiger partial charge in [0.2, 0.25) is 0 Å². The molecule has 1 aromatic rings. The van der Waals surface area contributed by atoms with Crippen molar-refractivity contribution in [1.82, 2.24) is 4.90 Å². The number of hydrogen-bond acceptors (Lipinski definition) is 3. The van der Waals surface area contributed by atoms with Crippen molar-refractivity contribution in [3.63, 3.8) is 0 Å². The molecule has 1 fully saturated rings. The smallest absolute Gasteiger partial charge is 0.327 e. The van der Waals surface area contributed by atoms with Gasteiger partial charge in [0.1, 0.15) is 6.04 Å². The summed E-state index contributed by atoms with van der Waals surface area (Å²) < 4.78 is 0.761. The summed E-state index contributed by atoms with van der Waals surface area (Å²) in [4.78, 5) is 24.3. The Bertz CT molecular complexity index is 483. The van der Waals surface area contributed by atoms with Crippen molar-refractivity contribution in [3.05, 3.63) is 28.7 Å². The van der Waals surface area contributed by atoms with Crippen LogP contribution in [0.4, 0.5) is 10.5 Å². The Morgan fingerprint density at radius 2 is 2.17 bits per heavy atom. The number of aliphatic carboxylic acids is 1. The molecule has 1 atom stereocenters. The minimum atomic E-state index is -0.970. The molecule has 0 bridgehead atoms. The molecule has 1 aliphatic rings. The molecule has 0 aromatic heterocycles. The van der Waals surface area contributed by atoms with Gasteiger partial charge >= 0.3 is 12.0 Å². The molecule has 1 aromatic carbocycles. The molecule has 1 heterocycles. The first-order valence-electron chi connectivity index (χ1n) is 5.22. The summed E-state index contributed by atoms with van der Waals surface area (Å²) in [5.74, 6) is -0.145. The Balaban J connectivity index is 2.08. The van der Waals surface area contributed by atoms with Gasteiger partial charge in [0.05, 0.1) is 11.6 Å². The van der Waals surface area contributed by atoms with Gasteiger partial charge in [-0.15, -0.1) is 11.8 Å². The van der Waals surface area contributed by atoms with E-state index in [0.717, 1.165) is 4.47 Å². The number of carbonyl (C=O) groups excluding carboxylic acids is 1. The molecule has 2 rings (SSSR count). The van der Waals surface area contributed by atoms with Gasteiger partial charge in [-0.1, -0.05) is 12.1 Å². The van der Waals surface area contributed by atoms with E-state index in [0.29, 0.717) is 17.3 Å². The predicted molar refractivity (Wildman–Crippen MR) is 73.7 cm³/mol. The zero-order valence-corrected chi connectivity index (χ0v) is 11.7. The van der Waals surface area contributed by atoms with Gasteiger partial charge < -0.3 is 15.3 Å². The van der Waals surface area contributed by atoms with E-state index in [-0.39, 0.29) is 6.03 Å². The first kappa shape index (κ1) is 13.2. The van der Waals surface area contributed by atoms with Gasteiger partial charge in [-0.05, 0) is 28.1 Å². The molecule has 1 saturated heterocycles. The Labute approximate surface area is 117 Å². The summed E-state index contributed by atoms with van der Waals surface area (Å²) >= 11 is 4.76. The Hall–Kier alpha value is -1.21. The summed E-state index contributed by atoms with van der Waals surface area (Å²) in [6.07, 6.45) is 0. The van der Waals surface area contributed by atoms with Crippen LogP contribution in [-0.4, -0.2) is 39.7 Å². The second-order valence-corrected chi connectivity index (χ2v) is 5.59. The van der Waals surface area contributed by atoms with Gasteiger partial charge in [0, 0.05) is 10.2 Å². The van der Waals surface area contributed by atoms with Crippen LogP contribution in [0.15, 0.2) is 28.7 Å². The molecule has 18 heavy (non-hydrogen) atoms. The van der Waals surface area contributed by atoms with Crippen LogP contribution in [-0.2, 0) is 4.79 Å². The minimum absolute atomic E-state index is 0.390. The maximum atomic E-state index is 12.0. The van der Waals surface area contributed by atoms with E-state index in [1.807, 2.05) is 12.1 Å². The van der Waals surface area contributed by atoms with Crippen LogP contribution < -0.4 is 5.32 Å². The van der Waals surface area contributed by atoms with E-state index in [1.165, 1.54) is 16.7 Å².